The Morgan fingerprint density at radius 1 is 0.917 bits per heavy atom. The standard InChI is InChI=1S/C19H19N3O2/c1-2-8-17(9-3-1)23-14-19-21-20-18(24-19)13-22-11-10-15-6-4-5-7-16(15)12-22/h1-9H,10-14H2. The van der Waals surface area contributed by atoms with E-state index in [4.69, 9.17) is 9.15 Å². The van der Waals surface area contributed by atoms with Crippen LogP contribution in [0.1, 0.15) is 22.9 Å². The van der Waals surface area contributed by atoms with Crippen molar-refractivity contribution >= 4 is 0 Å². The van der Waals surface area contributed by atoms with Crippen molar-refractivity contribution < 1.29 is 9.15 Å². The summed E-state index contributed by atoms with van der Waals surface area (Å²) >= 11 is 0. The van der Waals surface area contributed by atoms with Crippen molar-refractivity contribution in [3.8, 4) is 5.75 Å². The number of fused-ring (bicyclic) bond motifs is 1. The molecule has 122 valence electrons. The number of hydrogen-bond acceptors (Lipinski definition) is 5. The number of ether oxygens (including phenoxy) is 1. The number of benzene rings is 2. The van der Waals surface area contributed by atoms with Gasteiger partial charge in [-0.25, -0.2) is 0 Å². The van der Waals surface area contributed by atoms with Crippen LogP contribution in [0.5, 0.6) is 5.75 Å². The molecule has 0 aliphatic carbocycles. The van der Waals surface area contributed by atoms with Crippen molar-refractivity contribution in [2.45, 2.75) is 26.1 Å². The largest absolute Gasteiger partial charge is 0.484 e. The van der Waals surface area contributed by atoms with Gasteiger partial charge >= 0.3 is 0 Å². The molecule has 3 aromatic rings. The first-order valence-corrected chi connectivity index (χ1v) is 8.15. The van der Waals surface area contributed by atoms with Crippen LogP contribution in [0.15, 0.2) is 59.0 Å². The van der Waals surface area contributed by atoms with Crippen LogP contribution in [-0.4, -0.2) is 21.6 Å². The topological polar surface area (TPSA) is 51.4 Å². The third-order valence-electron chi connectivity index (χ3n) is 4.18. The predicted molar refractivity (Wildman–Crippen MR) is 89.3 cm³/mol. The molecule has 0 N–H and O–H groups in total. The highest BCUT2D eigenvalue weighted by Gasteiger charge is 2.18. The highest BCUT2D eigenvalue weighted by molar-refractivity contribution is 5.29. The van der Waals surface area contributed by atoms with Crippen LogP contribution in [0.4, 0.5) is 0 Å². The van der Waals surface area contributed by atoms with E-state index in [-0.39, 0.29) is 0 Å². The van der Waals surface area contributed by atoms with Gasteiger partial charge in [0.15, 0.2) is 6.61 Å². The van der Waals surface area contributed by atoms with Crippen LogP contribution in [0.3, 0.4) is 0 Å². The first-order valence-electron chi connectivity index (χ1n) is 8.15. The van der Waals surface area contributed by atoms with E-state index in [1.54, 1.807) is 0 Å². The number of aromatic nitrogens is 2. The molecule has 0 amide bonds. The minimum Gasteiger partial charge on any atom is -0.484 e. The Bertz CT molecular complexity index is 801. The molecular formula is C19H19N3O2. The van der Waals surface area contributed by atoms with Crippen molar-refractivity contribution in [1.29, 1.82) is 0 Å². The number of rotatable bonds is 5. The van der Waals surface area contributed by atoms with E-state index in [2.05, 4.69) is 39.4 Å². The Morgan fingerprint density at radius 3 is 2.54 bits per heavy atom. The molecule has 0 atom stereocenters. The zero-order valence-electron chi connectivity index (χ0n) is 13.4. The average Bonchev–Trinajstić information content (AvgIpc) is 3.08. The lowest BCUT2D eigenvalue weighted by atomic mass is 10.00. The van der Waals surface area contributed by atoms with Crippen LogP contribution in [0, 0.1) is 0 Å². The first kappa shape index (κ1) is 14.9. The van der Waals surface area contributed by atoms with Crippen LogP contribution >= 0.6 is 0 Å². The zero-order chi connectivity index (χ0) is 16.2. The zero-order valence-corrected chi connectivity index (χ0v) is 13.4. The first-order chi connectivity index (χ1) is 11.9. The van der Waals surface area contributed by atoms with Gasteiger partial charge in [-0.3, -0.25) is 4.90 Å². The Morgan fingerprint density at radius 2 is 1.67 bits per heavy atom. The second kappa shape index (κ2) is 6.84. The van der Waals surface area contributed by atoms with E-state index in [1.165, 1.54) is 11.1 Å². The van der Waals surface area contributed by atoms with Crippen LogP contribution in [-0.2, 0) is 26.1 Å². The summed E-state index contributed by atoms with van der Waals surface area (Å²) in [6, 6.07) is 18.2. The third-order valence-corrected chi connectivity index (χ3v) is 4.18. The molecule has 1 aliphatic rings. The fraction of sp³-hybridized carbons (Fsp3) is 0.263. The van der Waals surface area contributed by atoms with Gasteiger partial charge in [0, 0.05) is 13.1 Å². The molecule has 4 rings (SSSR count). The van der Waals surface area contributed by atoms with E-state index < -0.39 is 0 Å². The molecule has 5 nitrogen and oxygen atoms in total. The summed E-state index contributed by atoms with van der Waals surface area (Å²) in [4.78, 5) is 2.33. The molecule has 1 aromatic heterocycles. The summed E-state index contributed by atoms with van der Waals surface area (Å²) in [6.45, 7) is 2.90. The van der Waals surface area contributed by atoms with Crippen LogP contribution < -0.4 is 4.74 Å². The second-order valence-electron chi connectivity index (χ2n) is 5.92. The average molecular weight is 321 g/mol. The van der Waals surface area contributed by atoms with Gasteiger partial charge in [0.1, 0.15) is 5.75 Å². The summed E-state index contributed by atoms with van der Waals surface area (Å²) in [6.07, 6.45) is 1.06. The maximum Gasteiger partial charge on any atom is 0.253 e. The van der Waals surface area contributed by atoms with Crippen molar-refractivity contribution in [1.82, 2.24) is 15.1 Å². The van der Waals surface area contributed by atoms with Gasteiger partial charge in [-0.15, -0.1) is 10.2 Å². The van der Waals surface area contributed by atoms with Crippen molar-refractivity contribution in [2.24, 2.45) is 0 Å². The van der Waals surface area contributed by atoms with Gasteiger partial charge in [0.2, 0.25) is 5.89 Å². The molecule has 0 bridgehead atoms. The van der Waals surface area contributed by atoms with Crippen LogP contribution in [0.2, 0.25) is 0 Å². The summed E-state index contributed by atoms with van der Waals surface area (Å²) in [5, 5.41) is 8.21. The highest BCUT2D eigenvalue weighted by atomic mass is 16.5. The van der Waals surface area contributed by atoms with Crippen molar-refractivity contribution in [3.63, 3.8) is 0 Å². The molecule has 0 saturated heterocycles. The van der Waals surface area contributed by atoms with E-state index >= 15 is 0 Å². The van der Waals surface area contributed by atoms with Gasteiger partial charge in [-0.2, -0.15) is 0 Å². The molecule has 5 heteroatoms. The Kier molecular flexibility index (Phi) is 4.25. The highest BCUT2D eigenvalue weighted by Crippen LogP contribution is 2.20. The third kappa shape index (κ3) is 3.46. The Balaban J connectivity index is 1.34. The minimum atomic E-state index is 0.292. The lowest BCUT2D eigenvalue weighted by molar-refractivity contribution is 0.209. The number of hydrogen-bond donors (Lipinski definition) is 0. The predicted octanol–water partition coefficient (Wildman–Crippen LogP) is 3.21. The van der Waals surface area contributed by atoms with Gasteiger partial charge in [0.05, 0.1) is 6.54 Å². The molecule has 0 unspecified atom stereocenters. The molecule has 24 heavy (non-hydrogen) atoms. The lowest BCUT2D eigenvalue weighted by Gasteiger charge is -2.27. The molecular weight excluding hydrogens is 302 g/mol. The summed E-state index contributed by atoms with van der Waals surface area (Å²) in [7, 11) is 0. The van der Waals surface area contributed by atoms with E-state index in [0.29, 0.717) is 24.9 Å². The molecule has 1 aliphatic heterocycles. The van der Waals surface area contributed by atoms with E-state index in [0.717, 1.165) is 25.3 Å². The van der Waals surface area contributed by atoms with Crippen molar-refractivity contribution in [3.05, 3.63) is 77.5 Å². The minimum absolute atomic E-state index is 0.292. The molecule has 0 saturated carbocycles. The number of para-hydroxylation sites is 1. The number of nitrogens with zero attached hydrogens (tertiary/aromatic N) is 3. The normalized spacial score (nSPS) is 14.3. The van der Waals surface area contributed by atoms with Gasteiger partial charge in [-0.05, 0) is 29.7 Å². The van der Waals surface area contributed by atoms with Gasteiger partial charge in [0.25, 0.3) is 5.89 Å². The molecule has 0 radical (unpaired) electrons. The molecule has 0 fully saturated rings. The van der Waals surface area contributed by atoms with Gasteiger partial charge < -0.3 is 9.15 Å². The molecule has 2 heterocycles. The summed E-state index contributed by atoms with van der Waals surface area (Å²) < 4.78 is 11.3. The quantitative estimate of drug-likeness (QED) is 0.722. The monoisotopic (exact) mass is 321 g/mol. The summed E-state index contributed by atoms with van der Waals surface area (Å²) in [5.41, 5.74) is 2.83. The molecule has 0 spiro atoms. The second-order valence-corrected chi connectivity index (χ2v) is 5.92. The SMILES string of the molecule is c1ccc(OCc2nnc(CN3CCc4ccccc4C3)o2)cc1. The van der Waals surface area contributed by atoms with Crippen LogP contribution in [0.25, 0.3) is 0 Å². The lowest BCUT2D eigenvalue weighted by Crippen LogP contribution is -2.30. The smallest absolute Gasteiger partial charge is 0.253 e. The molecule has 2 aromatic carbocycles. The Hall–Kier alpha value is -2.66. The maximum atomic E-state index is 5.71. The van der Waals surface area contributed by atoms with E-state index in [1.807, 2.05) is 30.3 Å². The fourth-order valence-corrected chi connectivity index (χ4v) is 2.95. The fourth-order valence-electron chi connectivity index (χ4n) is 2.95. The van der Waals surface area contributed by atoms with Crippen molar-refractivity contribution in [2.75, 3.05) is 6.54 Å². The Labute approximate surface area is 140 Å². The van der Waals surface area contributed by atoms with Gasteiger partial charge in [-0.1, -0.05) is 42.5 Å². The van der Waals surface area contributed by atoms with E-state index in [9.17, 15) is 0 Å². The summed E-state index contributed by atoms with van der Waals surface area (Å²) in [5.74, 6) is 1.94. The maximum absolute atomic E-state index is 5.71.